The van der Waals surface area contributed by atoms with Crippen LogP contribution in [-0.2, 0) is 4.79 Å². The van der Waals surface area contributed by atoms with E-state index >= 15 is 0 Å². The summed E-state index contributed by atoms with van der Waals surface area (Å²) in [5.41, 5.74) is -0.112. The predicted octanol–water partition coefficient (Wildman–Crippen LogP) is 1.09. The van der Waals surface area contributed by atoms with Crippen molar-refractivity contribution in [3.63, 3.8) is 0 Å². The number of rotatable bonds is 5. The average Bonchev–Trinajstić information content (AvgIpc) is 2.82. The zero-order valence-electron chi connectivity index (χ0n) is 9.17. The summed E-state index contributed by atoms with van der Waals surface area (Å²) in [6, 6.07) is -1.16. The first kappa shape index (κ1) is 11.8. The lowest BCUT2D eigenvalue weighted by atomic mass is 10.2. The molecule has 0 aromatic heterocycles. The van der Waals surface area contributed by atoms with Crippen LogP contribution in [0.4, 0.5) is 4.79 Å². The fourth-order valence-electron chi connectivity index (χ4n) is 1.33. The van der Waals surface area contributed by atoms with Gasteiger partial charge in [-0.1, -0.05) is 13.3 Å². The van der Waals surface area contributed by atoms with Crippen molar-refractivity contribution in [3.05, 3.63) is 0 Å². The lowest BCUT2D eigenvalue weighted by Crippen LogP contribution is -2.49. The van der Waals surface area contributed by atoms with Crippen LogP contribution in [0.5, 0.6) is 0 Å². The highest BCUT2D eigenvalue weighted by Gasteiger charge is 2.39. The van der Waals surface area contributed by atoms with Gasteiger partial charge < -0.3 is 15.7 Å². The van der Waals surface area contributed by atoms with Gasteiger partial charge in [0, 0.05) is 5.54 Å². The van der Waals surface area contributed by atoms with Crippen LogP contribution in [0.25, 0.3) is 0 Å². The van der Waals surface area contributed by atoms with E-state index in [1.165, 1.54) is 0 Å². The van der Waals surface area contributed by atoms with Gasteiger partial charge in [0.1, 0.15) is 6.04 Å². The summed E-state index contributed by atoms with van der Waals surface area (Å²) in [7, 11) is 0. The van der Waals surface area contributed by atoms with Gasteiger partial charge in [0.2, 0.25) is 0 Å². The second-order valence-corrected chi connectivity index (χ2v) is 4.34. The van der Waals surface area contributed by atoms with E-state index in [1.54, 1.807) is 0 Å². The molecule has 1 atom stereocenters. The Morgan fingerprint density at radius 2 is 2.07 bits per heavy atom. The minimum atomic E-state index is -0.979. The van der Waals surface area contributed by atoms with Crippen molar-refractivity contribution in [1.82, 2.24) is 10.6 Å². The summed E-state index contributed by atoms with van der Waals surface area (Å²) in [4.78, 5) is 22.2. The Kier molecular flexibility index (Phi) is 3.55. The summed E-state index contributed by atoms with van der Waals surface area (Å²) in [6.45, 7) is 3.83. The quantitative estimate of drug-likeness (QED) is 0.641. The largest absolute Gasteiger partial charge is 0.480 e. The maximum atomic E-state index is 11.4. The molecule has 86 valence electrons. The maximum absolute atomic E-state index is 11.4. The first-order valence-electron chi connectivity index (χ1n) is 5.28. The van der Waals surface area contributed by atoms with Crippen molar-refractivity contribution in [2.45, 2.75) is 51.1 Å². The predicted molar refractivity (Wildman–Crippen MR) is 55.6 cm³/mol. The summed E-state index contributed by atoms with van der Waals surface area (Å²) >= 11 is 0. The Morgan fingerprint density at radius 1 is 1.47 bits per heavy atom. The van der Waals surface area contributed by atoms with E-state index in [9.17, 15) is 9.59 Å². The third-order valence-electron chi connectivity index (χ3n) is 2.60. The van der Waals surface area contributed by atoms with Crippen LogP contribution in [0, 0.1) is 0 Å². The van der Waals surface area contributed by atoms with Crippen molar-refractivity contribution in [2.75, 3.05) is 0 Å². The van der Waals surface area contributed by atoms with E-state index < -0.39 is 12.0 Å². The van der Waals surface area contributed by atoms with Gasteiger partial charge in [0.05, 0.1) is 0 Å². The molecule has 0 aliphatic heterocycles. The topological polar surface area (TPSA) is 78.4 Å². The zero-order chi connectivity index (χ0) is 11.5. The molecule has 1 aliphatic carbocycles. The van der Waals surface area contributed by atoms with Gasteiger partial charge in [-0.2, -0.15) is 0 Å². The SMILES string of the molecule is CCCC(NC(=O)NC1(C)CC1)C(=O)O. The molecule has 5 heteroatoms. The number of carbonyl (C=O) groups excluding carboxylic acids is 1. The second kappa shape index (κ2) is 4.51. The summed E-state index contributed by atoms with van der Waals surface area (Å²) in [6.07, 6.45) is 3.12. The minimum Gasteiger partial charge on any atom is -0.480 e. The molecule has 3 N–H and O–H groups in total. The van der Waals surface area contributed by atoms with Gasteiger partial charge in [0.15, 0.2) is 0 Å². The Morgan fingerprint density at radius 3 is 2.47 bits per heavy atom. The highest BCUT2D eigenvalue weighted by molar-refractivity contribution is 5.83. The van der Waals surface area contributed by atoms with Gasteiger partial charge in [-0.3, -0.25) is 0 Å². The van der Waals surface area contributed by atoms with Crippen molar-refractivity contribution in [1.29, 1.82) is 0 Å². The van der Waals surface area contributed by atoms with Crippen LogP contribution < -0.4 is 10.6 Å². The smallest absolute Gasteiger partial charge is 0.326 e. The lowest BCUT2D eigenvalue weighted by Gasteiger charge is -2.17. The fourth-order valence-corrected chi connectivity index (χ4v) is 1.33. The molecule has 1 unspecified atom stereocenters. The molecule has 0 bridgehead atoms. The molecule has 0 saturated heterocycles. The van der Waals surface area contributed by atoms with Gasteiger partial charge >= 0.3 is 12.0 Å². The number of urea groups is 1. The van der Waals surface area contributed by atoms with E-state index in [0.29, 0.717) is 6.42 Å². The van der Waals surface area contributed by atoms with Crippen molar-refractivity contribution in [3.8, 4) is 0 Å². The minimum absolute atomic E-state index is 0.112. The highest BCUT2D eigenvalue weighted by Crippen LogP contribution is 2.33. The van der Waals surface area contributed by atoms with Gasteiger partial charge in [0.25, 0.3) is 0 Å². The molecule has 0 aromatic rings. The second-order valence-electron chi connectivity index (χ2n) is 4.34. The number of hydrogen-bond donors (Lipinski definition) is 3. The number of aliphatic carboxylic acids is 1. The number of amides is 2. The molecule has 5 nitrogen and oxygen atoms in total. The molecule has 0 radical (unpaired) electrons. The van der Waals surface area contributed by atoms with Crippen molar-refractivity contribution in [2.24, 2.45) is 0 Å². The molecule has 1 fully saturated rings. The van der Waals surface area contributed by atoms with Gasteiger partial charge in [-0.25, -0.2) is 9.59 Å². The molecule has 0 aromatic carbocycles. The Hall–Kier alpha value is -1.26. The number of carboxylic acids is 1. The van der Waals surface area contributed by atoms with Crippen LogP contribution >= 0.6 is 0 Å². The summed E-state index contributed by atoms with van der Waals surface area (Å²) < 4.78 is 0. The number of carbonyl (C=O) groups is 2. The monoisotopic (exact) mass is 214 g/mol. The molecule has 2 amide bonds. The maximum Gasteiger partial charge on any atom is 0.326 e. The third kappa shape index (κ3) is 3.77. The standard InChI is InChI=1S/C10H18N2O3/c1-3-4-7(8(13)14)11-9(15)12-10(2)5-6-10/h7H,3-6H2,1-2H3,(H,13,14)(H2,11,12,15). The fraction of sp³-hybridized carbons (Fsp3) is 0.800. The molecule has 0 spiro atoms. The lowest BCUT2D eigenvalue weighted by molar-refractivity contribution is -0.139. The van der Waals surface area contributed by atoms with E-state index in [4.69, 9.17) is 5.11 Å². The molecular formula is C10H18N2O3. The molecule has 15 heavy (non-hydrogen) atoms. The molecular weight excluding hydrogens is 196 g/mol. The van der Waals surface area contributed by atoms with Gasteiger partial charge in [-0.15, -0.1) is 0 Å². The van der Waals surface area contributed by atoms with E-state index in [1.807, 2.05) is 13.8 Å². The Bertz CT molecular complexity index is 261. The van der Waals surface area contributed by atoms with Crippen molar-refractivity contribution >= 4 is 12.0 Å². The van der Waals surface area contributed by atoms with Crippen LogP contribution in [0.15, 0.2) is 0 Å². The number of nitrogens with one attached hydrogen (secondary N) is 2. The normalized spacial score (nSPS) is 19.1. The molecule has 1 rings (SSSR count). The summed E-state index contributed by atoms with van der Waals surface area (Å²) in [5, 5.41) is 14.0. The van der Waals surface area contributed by atoms with E-state index in [-0.39, 0.29) is 11.6 Å². The molecule has 0 heterocycles. The Balaban J connectivity index is 2.36. The van der Waals surface area contributed by atoms with E-state index in [2.05, 4.69) is 10.6 Å². The Labute approximate surface area is 89.2 Å². The first-order chi connectivity index (χ1) is 6.97. The summed E-state index contributed by atoms with van der Waals surface area (Å²) in [5.74, 6) is -0.979. The van der Waals surface area contributed by atoms with Crippen LogP contribution in [0.3, 0.4) is 0 Å². The molecule has 1 saturated carbocycles. The van der Waals surface area contributed by atoms with Crippen LogP contribution in [0.1, 0.15) is 39.5 Å². The third-order valence-corrected chi connectivity index (χ3v) is 2.60. The number of carboxylic acid groups (broad SMARTS) is 1. The zero-order valence-corrected chi connectivity index (χ0v) is 9.17. The first-order valence-corrected chi connectivity index (χ1v) is 5.28. The molecule has 1 aliphatic rings. The van der Waals surface area contributed by atoms with Crippen LogP contribution in [-0.4, -0.2) is 28.7 Å². The van der Waals surface area contributed by atoms with E-state index in [0.717, 1.165) is 19.3 Å². The van der Waals surface area contributed by atoms with Crippen LogP contribution in [0.2, 0.25) is 0 Å². The van der Waals surface area contributed by atoms with Gasteiger partial charge in [-0.05, 0) is 26.2 Å². The number of hydrogen-bond acceptors (Lipinski definition) is 2. The van der Waals surface area contributed by atoms with Crippen molar-refractivity contribution < 1.29 is 14.7 Å². The highest BCUT2D eigenvalue weighted by atomic mass is 16.4. The average molecular weight is 214 g/mol.